The minimum Gasteiger partial charge on any atom is -0.481 e. The van der Waals surface area contributed by atoms with Crippen LogP contribution in [0.1, 0.15) is 46.4 Å². The van der Waals surface area contributed by atoms with Crippen molar-refractivity contribution in [1.29, 1.82) is 0 Å². The van der Waals surface area contributed by atoms with E-state index >= 15 is 0 Å². The average Bonchev–Trinajstić information content (AvgIpc) is 3.27. The Kier molecular flexibility index (Phi) is 16.0. The van der Waals surface area contributed by atoms with Crippen molar-refractivity contribution < 1.29 is 48.8 Å². The summed E-state index contributed by atoms with van der Waals surface area (Å²) in [5, 5.41) is 50.5. The Morgan fingerprint density at radius 1 is 0.677 bits per heavy atom. The predicted molar refractivity (Wildman–Crippen MR) is 236 cm³/mol. The summed E-state index contributed by atoms with van der Waals surface area (Å²) in [5.74, 6) is -4.57. The summed E-state index contributed by atoms with van der Waals surface area (Å²) in [6, 6.07) is 10.1. The highest BCUT2D eigenvalue weighted by molar-refractivity contribution is 5.97. The molecule has 2 aliphatic rings. The molecule has 2 aliphatic heterocycles. The van der Waals surface area contributed by atoms with Gasteiger partial charge in [0, 0.05) is 61.5 Å². The largest absolute Gasteiger partial charge is 0.481 e. The number of carbonyl (C=O) groups is 6. The molecule has 2 aromatic heterocycles. The van der Waals surface area contributed by atoms with Crippen LogP contribution in [0.3, 0.4) is 0 Å². The van der Waals surface area contributed by atoms with E-state index in [1.165, 1.54) is 19.2 Å². The van der Waals surface area contributed by atoms with Gasteiger partial charge in [-0.1, -0.05) is 0 Å². The molecule has 0 saturated heterocycles. The van der Waals surface area contributed by atoms with Gasteiger partial charge in [0.1, 0.15) is 23.5 Å². The number of fused-ring (bicyclic) bond motifs is 2. The number of hydrogen-bond acceptors (Lipinski definition) is 19. The van der Waals surface area contributed by atoms with E-state index in [-0.39, 0.29) is 71.9 Å². The summed E-state index contributed by atoms with van der Waals surface area (Å²) >= 11 is 0. The fourth-order valence-electron chi connectivity index (χ4n) is 6.29. The van der Waals surface area contributed by atoms with Crippen molar-refractivity contribution in [2.75, 3.05) is 76.7 Å². The molecule has 26 heteroatoms. The number of aromatic amines is 2. The van der Waals surface area contributed by atoms with Crippen LogP contribution in [0.15, 0.2) is 58.1 Å². The first-order valence-corrected chi connectivity index (χ1v) is 19.8. The van der Waals surface area contributed by atoms with Crippen LogP contribution in [0, 0.1) is 0 Å². The summed E-state index contributed by atoms with van der Waals surface area (Å²) < 4.78 is 4.49. The van der Waals surface area contributed by atoms with E-state index in [4.69, 9.17) is 21.7 Å². The van der Waals surface area contributed by atoms with Gasteiger partial charge < -0.3 is 74.1 Å². The van der Waals surface area contributed by atoms with E-state index in [2.05, 4.69) is 67.2 Å². The highest BCUT2D eigenvalue weighted by Crippen LogP contribution is 2.22. The van der Waals surface area contributed by atoms with Gasteiger partial charge in [0.25, 0.3) is 22.9 Å². The zero-order chi connectivity index (χ0) is 47.2. The van der Waals surface area contributed by atoms with E-state index in [1.807, 2.05) is 0 Å². The molecule has 26 nitrogen and oxygen atoms in total. The molecule has 0 bridgehead atoms. The molecule has 2 aromatic carbocycles. The molecule has 17 N–H and O–H groups in total. The molecule has 4 aromatic rings. The van der Waals surface area contributed by atoms with Gasteiger partial charge in [-0.2, -0.15) is 9.97 Å². The molecule has 0 saturated carbocycles. The predicted octanol–water partition coefficient (Wildman–Crippen LogP) is -0.476. The van der Waals surface area contributed by atoms with Crippen LogP contribution < -0.4 is 65.1 Å². The number of H-pyrrole nitrogens is 2. The zero-order valence-corrected chi connectivity index (χ0v) is 34.7. The first kappa shape index (κ1) is 47.5. The molecule has 6 rings (SSSR count). The molecule has 0 fully saturated rings. The number of nitrogens with zero attached hydrogens (tertiary/aromatic N) is 2. The van der Waals surface area contributed by atoms with Crippen molar-refractivity contribution in [3.8, 4) is 0 Å². The molecule has 2 amide bonds. The summed E-state index contributed by atoms with van der Waals surface area (Å²) in [4.78, 5) is 106. The Bertz CT molecular complexity index is 2500. The number of anilines is 8. The number of carboxylic acid groups (broad SMARTS) is 3. The van der Waals surface area contributed by atoms with E-state index < -0.39 is 47.8 Å². The van der Waals surface area contributed by atoms with Crippen LogP contribution in [0.4, 0.5) is 46.3 Å². The van der Waals surface area contributed by atoms with Crippen molar-refractivity contribution >= 4 is 82.0 Å². The maximum absolute atomic E-state index is 12.4. The Hall–Kier alpha value is -8.58. The molecule has 0 aliphatic carbocycles. The maximum atomic E-state index is 12.4. The van der Waals surface area contributed by atoms with Gasteiger partial charge in [0.05, 0.1) is 19.2 Å². The maximum Gasteiger partial charge on any atom is 0.326 e. The van der Waals surface area contributed by atoms with Crippen molar-refractivity contribution in [2.24, 2.45) is 0 Å². The Labute approximate surface area is 367 Å². The average molecular weight is 905 g/mol. The number of nitrogens with one attached hydrogen (secondary N) is 10. The second-order valence-corrected chi connectivity index (χ2v) is 14.5. The normalized spacial score (nSPS) is 15.3. The lowest BCUT2D eigenvalue weighted by atomic mass is 10.1. The van der Waals surface area contributed by atoms with Gasteiger partial charge in [-0.3, -0.25) is 38.7 Å². The number of nitrogens with two attached hydrogens (primary N) is 2. The number of aliphatic carboxylic acids is 3. The lowest BCUT2D eigenvalue weighted by Gasteiger charge is -2.27. The lowest BCUT2D eigenvalue weighted by molar-refractivity contribution is -0.143. The Morgan fingerprint density at radius 3 is 1.45 bits per heavy atom. The smallest absolute Gasteiger partial charge is 0.326 e. The number of benzene rings is 2. The quantitative estimate of drug-likeness (QED) is 0.0561. The van der Waals surface area contributed by atoms with Crippen LogP contribution in [0.5, 0.6) is 0 Å². The van der Waals surface area contributed by atoms with E-state index in [1.54, 1.807) is 36.4 Å². The van der Waals surface area contributed by atoms with E-state index in [0.29, 0.717) is 54.9 Å². The fraction of sp³-hybridized carbons (Fsp3) is 0.333. The number of methoxy groups -OCH3 is 1. The third-order valence-corrected chi connectivity index (χ3v) is 9.72. The second kappa shape index (κ2) is 22.0. The van der Waals surface area contributed by atoms with Gasteiger partial charge in [-0.05, 0) is 61.4 Å². The SMILES string of the molecule is COC(=O)CCC(NC(=O)c1ccc(NCC2CNc3nc(N)[nH]c(=O)c3N2)cc1)C(=O)O.Nc1nc2c(c(=O)[nH]1)NC(CNc1ccc(C(=O)NC(CCC(=O)O)C(=O)O)cc1)CN2. The first-order valence-electron chi connectivity index (χ1n) is 19.8. The minimum absolute atomic E-state index is 0.0281. The number of amides is 2. The van der Waals surface area contributed by atoms with Crippen LogP contribution in [-0.4, -0.2) is 128 Å². The van der Waals surface area contributed by atoms with Crippen molar-refractivity contribution in [3.63, 3.8) is 0 Å². The Morgan fingerprint density at radius 2 is 1.08 bits per heavy atom. The molecule has 4 heterocycles. The van der Waals surface area contributed by atoms with E-state index in [0.717, 1.165) is 5.69 Å². The molecule has 346 valence electrons. The summed E-state index contributed by atoms with van der Waals surface area (Å²) in [6.07, 6.45) is -0.791. The monoisotopic (exact) mass is 904 g/mol. The van der Waals surface area contributed by atoms with Crippen LogP contribution >= 0.6 is 0 Å². The van der Waals surface area contributed by atoms with Crippen LogP contribution in [0.25, 0.3) is 0 Å². The van der Waals surface area contributed by atoms with Gasteiger partial charge in [0.2, 0.25) is 11.9 Å². The number of carboxylic acids is 3. The van der Waals surface area contributed by atoms with Crippen LogP contribution in [-0.2, 0) is 23.9 Å². The summed E-state index contributed by atoms with van der Waals surface area (Å²) in [5.41, 5.74) is 12.9. The number of rotatable bonds is 18. The highest BCUT2D eigenvalue weighted by atomic mass is 16.5. The lowest BCUT2D eigenvalue weighted by Crippen LogP contribution is -2.41. The zero-order valence-electron chi connectivity index (χ0n) is 34.7. The number of ether oxygens (including phenoxy) is 1. The summed E-state index contributed by atoms with van der Waals surface area (Å²) in [7, 11) is 1.21. The molecule has 0 radical (unpaired) electrons. The highest BCUT2D eigenvalue weighted by Gasteiger charge is 2.25. The second-order valence-electron chi connectivity index (χ2n) is 14.5. The molecule has 4 atom stereocenters. The number of esters is 1. The van der Waals surface area contributed by atoms with Gasteiger partial charge in [-0.15, -0.1) is 0 Å². The van der Waals surface area contributed by atoms with Crippen molar-refractivity contribution in [2.45, 2.75) is 49.9 Å². The number of aromatic nitrogens is 4. The van der Waals surface area contributed by atoms with Crippen molar-refractivity contribution in [3.05, 3.63) is 80.4 Å². The topological polar surface area (TPSA) is 412 Å². The first-order chi connectivity index (χ1) is 31.0. The van der Waals surface area contributed by atoms with E-state index in [9.17, 15) is 43.5 Å². The van der Waals surface area contributed by atoms with Gasteiger partial charge in [-0.25, -0.2) is 9.59 Å². The van der Waals surface area contributed by atoms with Crippen molar-refractivity contribution in [1.82, 2.24) is 30.6 Å². The Balaban J connectivity index is 0.000000244. The molecular weight excluding hydrogens is 857 g/mol. The number of hydrogen-bond donors (Lipinski definition) is 15. The molecule has 65 heavy (non-hydrogen) atoms. The minimum atomic E-state index is -1.30. The van der Waals surface area contributed by atoms with Gasteiger partial charge >= 0.3 is 23.9 Å². The van der Waals surface area contributed by atoms with Crippen LogP contribution in [0.2, 0.25) is 0 Å². The third kappa shape index (κ3) is 13.7. The molecular formula is C39H48N14O12. The number of carbonyl (C=O) groups excluding carboxylic acids is 3. The standard InChI is InChI=1S/C20H25N7O6.C19H23N7O6/c1-33-14(28)7-6-13(19(31)32)25-17(29)10-2-4-11(5-3-10)22-8-12-9-23-16-15(24-12)18(30)27-20(21)26-16;20-19-25-15-14(17(30)26-19)23-11(8-22-15)7-21-10-3-1-9(2-4-10)16(29)24-12(18(31)32)5-6-13(27)28/h2-5,12-13,22,24H,6-9H2,1H3,(H,25,29)(H,31,32)(H4,21,23,26,27,30);1-4,11-12,21,23H,5-8H2,(H,24,29)(H,27,28)(H,31,32)(H4,20,22,25,26,30). The fourth-order valence-corrected chi connectivity index (χ4v) is 6.29. The third-order valence-electron chi connectivity index (χ3n) is 9.72. The molecule has 4 unspecified atom stereocenters. The number of nitrogen functional groups attached to an aromatic ring is 2. The summed E-state index contributed by atoms with van der Waals surface area (Å²) in [6.45, 7) is 1.94. The van der Waals surface area contributed by atoms with Gasteiger partial charge in [0.15, 0.2) is 11.6 Å². The molecule has 0 spiro atoms.